The zero-order chi connectivity index (χ0) is 11.1. The molecular weight excluding hydrogens is 206 g/mol. The quantitative estimate of drug-likeness (QED) is 0.759. The predicted molar refractivity (Wildman–Crippen MR) is 68.6 cm³/mol. The second-order valence-electron chi connectivity index (χ2n) is 4.35. The van der Waals surface area contributed by atoms with E-state index in [0.29, 0.717) is 18.2 Å². The summed E-state index contributed by atoms with van der Waals surface area (Å²) in [5.74, 6) is 2.45. The molecule has 0 aromatic carbocycles. The van der Waals surface area contributed by atoms with Gasteiger partial charge in [0, 0.05) is 24.4 Å². The summed E-state index contributed by atoms with van der Waals surface area (Å²) < 4.78 is 5.67. The lowest BCUT2D eigenvalue weighted by molar-refractivity contribution is -0.00118. The maximum Gasteiger partial charge on any atom is 0.0587 e. The van der Waals surface area contributed by atoms with Crippen molar-refractivity contribution in [3.8, 4) is 0 Å². The number of ether oxygens (including phenoxy) is 1. The average molecular weight is 231 g/mol. The van der Waals surface area contributed by atoms with Crippen LogP contribution in [-0.2, 0) is 4.74 Å². The van der Waals surface area contributed by atoms with Gasteiger partial charge in [-0.3, -0.25) is 0 Å². The third-order valence-corrected chi connectivity index (χ3v) is 4.06. The van der Waals surface area contributed by atoms with Crippen LogP contribution in [0.5, 0.6) is 0 Å². The van der Waals surface area contributed by atoms with Gasteiger partial charge >= 0.3 is 0 Å². The van der Waals surface area contributed by atoms with Crippen LogP contribution in [-0.4, -0.2) is 36.3 Å². The third kappa shape index (κ3) is 5.23. The first-order chi connectivity index (χ1) is 7.26. The third-order valence-electron chi connectivity index (χ3n) is 2.91. The Hall–Kier alpha value is 0.270. The number of hydrogen-bond donors (Lipinski definition) is 1. The van der Waals surface area contributed by atoms with E-state index in [1.807, 2.05) is 11.8 Å². The molecule has 3 atom stereocenters. The molecule has 2 nitrogen and oxygen atoms in total. The van der Waals surface area contributed by atoms with Crippen LogP contribution < -0.4 is 5.32 Å². The Kier molecular flexibility index (Phi) is 6.69. The number of thioether (sulfide) groups is 1. The molecule has 0 bridgehead atoms. The van der Waals surface area contributed by atoms with Gasteiger partial charge in [0.25, 0.3) is 0 Å². The van der Waals surface area contributed by atoms with Gasteiger partial charge in [-0.05, 0) is 31.9 Å². The molecule has 1 N–H and O–H groups in total. The lowest BCUT2D eigenvalue weighted by atomic mass is 10.0. The molecule has 1 heterocycles. The Morgan fingerprint density at radius 2 is 2.27 bits per heavy atom. The largest absolute Gasteiger partial charge is 0.378 e. The van der Waals surface area contributed by atoms with Crippen LogP contribution in [0.3, 0.4) is 0 Å². The summed E-state index contributed by atoms with van der Waals surface area (Å²) in [6.07, 6.45) is 4.01. The summed E-state index contributed by atoms with van der Waals surface area (Å²) in [6, 6.07) is 1.31. The molecule has 15 heavy (non-hydrogen) atoms. The van der Waals surface area contributed by atoms with Crippen molar-refractivity contribution in [2.75, 3.05) is 18.1 Å². The van der Waals surface area contributed by atoms with Crippen molar-refractivity contribution < 1.29 is 4.74 Å². The van der Waals surface area contributed by atoms with E-state index in [1.165, 1.54) is 24.3 Å². The van der Waals surface area contributed by atoms with Crippen LogP contribution in [0, 0.1) is 0 Å². The molecule has 3 unspecified atom stereocenters. The summed E-state index contributed by atoms with van der Waals surface area (Å²) >= 11 is 2.02. The number of rotatable bonds is 6. The van der Waals surface area contributed by atoms with Gasteiger partial charge in [0.05, 0.1) is 6.10 Å². The van der Waals surface area contributed by atoms with Gasteiger partial charge in [-0.25, -0.2) is 0 Å². The second kappa shape index (κ2) is 7.53. The molecule has 0 aliphatic carbocycles. The molecule has 1 saturated heterocycles. The van der Waals surface area contributed by atoms with Crippen LogP contribution in [0.4, 0.5) is 0 Å². The maximum absolute atomic E-state index is 5.67. The minimum absolute atomic E-state index is 0.488. The normalized spacial score (nSPS) is 29.0. The lowest BCUT2D eigenvalue weighted by Gasteiger charge is -2.31. The summed E-state index contributed by atoms with van der Waals surface area (Å²) in [5, 5.41) is 3.72. The molecule has 1 rings (SSSR count). The van der Waals surface area contributed by atoms with Crippen LogP contribution in [0.2, 0.25) is 0 Å². The Balaban J connectivity index is 2.19. The Morgan fingerprint density at radius 3 is 2.93 bits per heavy atom. The predicted octanol–water partition coefficient (Wildman–Crippen LogP) is 2.68. The fourth-order valence-electron chi connectivity index (χ4n) is 2.06. The molecule has 0 saturated carbocycles. The Labute approximate surface area is 98.5 Å². The lowest BCUT2D eigenvalue weighted by Crippen LogP contribution is -2.43. The molecule has 3 heteroatoms. The van der Waals surface area contributed by atoms with Crippen molar-refractivity contribution in [1.29, 1.82) is 0 Å². The maximum atomic E-state index is 5.67. The minimum Gasteiger partial charge on any atom is -0.378 e. The molecule has 0 aromatic rings. The summed E-state index contributed by atoms with van der Waals surface area (Å²) in [7, 11) is 0. The second-order valence-corrected chi connectivity index (χ2v) is 5.67. The van der Waals surface area contributed by atoms with Crippen LogP contribution in [0.25, 0.3) is 0 Å². The van der Waals surface area contributed by atoms with Gasteiger partial charge < -0.3 is 10.1 Å². The van der Waals surface area contributed by atoms with E-state index in [0.717, 1.165) is 13.0 Å². The van der Waals surface area contributed by atoms with Gasteiger partial charge in [-0.2, -0.15) is 11.8 Å². The zero-order valence-electron chi connectivity index (χ0n) is 10.3. The average Bonchev–Trinajstić information content (AvgIpc) is 2.26. The van der Waals surface area contributed by atoms with Gasteiger partial charge in [0.1, 0.15) is 0 Å². The molecule has 0 radical (unpaired) electrons. The van der Waals surface area contributed by atoms with Gasteiger partial charge in [0.2, 0.25) is 0 Å². The summed E-state index contributed by atoms with van der Waals surface area (Å²) in [5.41, 5.74) is 0. The monoisotopic (exact) mass is 231 g/mol. The fourth-order valence-corrected chi connectivity index (χ4v) is 2.75. The first-order valence-corrected chi connectivity index (χ1v) is 7.37. The zero-order valence-corrected chi connectivity index (χ0v) is 11.1. The highest BCUT2D eigenvalue weighted by molar-refractivity contribution is 7.99. The van der Waals surface area contributed by atoms with Crippen molar-refractivity contribution in [3.05, 3.63) is 0 Å². The van der Waals surface area contributed by atoms with E-state index >= 15 is 0 Å². The van der Waals surface area contributed by atoms with Crippen LogP contribution >= 0.6 is 11.8 Å². The molecular formula is C12H25NOS. The van der Waals surface area contributed by atoms with E-state index in [9.17, 15) is 0 Å². The van der Waals surface area contributed by atoms with Crippen LogP contribution in [0.1, 0.15) is 40.0 Å². The molecule has 1 fully saturated rings. The highest BCUT2D eigenvalue weighted by atomic mass is 32.2. The first-order valence-electron chi connectivity index (χ1n) is 6.21. The molecule has 0 amide bonds. The molecule has 1 aliphatic heterocycles. The first kappa shape index (κ1) is 13.3. The van der Waals surface area contributed by atoms with Crippen molar-refractivity contribution >= 4 is 11.8 Å². The fraction of sp³-hybridized carbons (Fsp3) is 1.00. The summed E-state index contributed by atoms with van der Waals surface area (Å²) in [4.78, 5) is 0. The topological polar surface area (TPSA) is 21.3 Å². The van der Waals surface area contributed by atoms with E-state index in [4.69, 9.17) is 4.74 Å². The Bertz CT molecular complexity index is 166. The van der Waals surface area contributed by atoms with Crippen molar-refractivity contribution in [2.24, 2.45) is 0 Å². The standard InChI is InChI=1S/C12H25NOS/c1-4-12-8-11(6-7-14-12)13-10(3)9-15-5-2/h10-13H,4-9H2,1-3H3. The molecule has 0 spiro atoms. The van der Waals surface area contributed by atoms with E-state index in [-0.39, 0.29) is 0 Å². The van der Waals surface area contributed by atoms with Crippen molar-refractivity contribution in [2.45, 2.75) is 58.2 Å². The van der Waals surface area contributed by atoms with Gasteiger partial charge in [0.15, 0.2) is 0 Å². The SMILES string of the molecule is CCSCC(C)NC1CCOC(CC)C1. The van der Waals surface area contributed by atoms with E-state index in [2.05, 4.69) is 26.1 Å². The molecule has 1 aliphatic rings. The molecule has 0 aromatic heterocycles. The van der Waals surface area contributed by atoms with Crippen LogP contribution in [0.15, 0.2) is 0 Å². The number of nitrogens with one attached hydrogen (secondary N) is 1. The highest BCUT2D eigenvalue weighted by Crippen LogP contribution is 2.17. The van der Waals surface area contributed by atoms with Gasteiger partial charge in [-0.15, -0.1) is 0 Å². The van der Waals surface area contributed by atoms with Crippen molar-refractivity contribution in [3.63, 3.8) is 0 Å². The van der Waals surface area contributed by atoms with E-state index < -0.39 is 0 Å². The van der Waals surface area contributed by atoms with Crippen molar-refractivity contribution in [1.82, 2.24) is 5.32 Å². The smallest absolute Gasteiger partial charge is 0.0587 e. The highest BCUT2D eigenvalue weighted by Gasteiger charge is 2.21. The molecule has 90 valence electrons. The number of hydrogen-bond acceptors (Lipinski definition) is 3. The minimum atomic E-state index is 0.488. The van der Waals surface area contributed by atoms with E-state index in [1.54, 1.807) is 0 Å². The van der Waals surface area contributed by atoms with Gasteiger partial charge in [-0.1, -0.05) is 13.8 Å². The summed E-state index contributed by atoms with van der Waals surface area (Å²) in [6.45, 7) is 7.66. The Morgan fingerprint density at radius 1 is 1.47 bits per heavy atom.